The number of amides is 2. The minimum atomic E-state index is -0.257. The van der Waals surface area contributed by atoms with E-state index < -0.39 is 0 Å². The molecule has 2 N–H and O–H groups in total. The van der Waals surface area contributed by atoms with Crippen molar-refractivity contribution in [3.05, 3.63) is 18.0 Å². The zero-order valence-electron chi connectivity index (χ0n) is 14.5. The Morgan fingerprint density at radius 3 is 2.79 bits per heavy atom. The minimum Gasteiger partial charge on any atom is -0.355 e. The summed E-state index contributed by atoms with van der Waals surface area (Å²) in [6, 6.07) is 1.34. The van der Waals surface area contributed by atoms with E-state index in [1.54, 1.807) is 19.3 Å². The van der Waals surface area contributed by atoms with E-state index in [0.29, 0.717) is 31.7 Å². The molecule has 2 heterocycles. The zero-order valence-corrected chi connectivity index (χ0v) is 14.5. The van der Waals surface area contributed by atoms with Crippen LogP contribution in [0.4, 0.5) is 0 Å². The van der Waals surface area contributed by atoms with Gasteiger partial charge >= 0.3 is 0 Å². The molecule has 2 rings (SSSR count). The van der Waals surface area contributed by atoms with Gasteiger partial charge in [0.2, 0.25) is 5.91 Å². The van der Waals surface area contributed by atoms with E-state index in [1.165, 1.54) is 4.68 Å². The van der Waals surface area contributed by atoms with Gasteiger partial charge in [-0.05, 0) is 19.4 Å². The van der Waals surface area contributed by atoms with Crippen LogP contribution in [0, 0.1) is 11.8 Å². The van der Waals surface area contributed by atoms with Crippen molar-refractivity contribution in [2.45, 2.75) is 38.8 Å². The number of aromatic nitrogens is 2. The van der Waals surface area contributed by atoms with Crippen LogP contribution in [0.2, 0.25) is 0 Å². The molecule has 2 amide bonds. The van der Waals surface area contributed by atoms with Crippen molar-refractivity contribution < 1.29 is 9.59 Å². The number of hydrogen-bond acceptors (Lipinski definition) is 4. The number of rotatable bonds is 5. The standard InChI is InChI=1S/C17H25N5O2/c1-4-6-7-10-22-12-13(11-15(22)16(23)18-5-2)20-17(24)14-8-9-19-21(14)3/h8-9,13,15H,4-5,10-12H2,1-3H3,(H,18,23)(H,20,24)/t13-,15-/m0/s1. The van der Waals surface area contributed by atoms with Gasteiger partial charge < -0.3 is 10.6 Å². The van der Waals surface area contributed by atoms with Crippen LogP contribution in [0.3, 0.4) is 0 Å². The largest absolute Gasteiger partial charge is 0.355 e. The molecule has 2 atom stereocenters. The van der Waals surface area contributed by atoms with Gasteiger partial charge in [0.25, 0.3) is 5.91 Å². The van der Waals surface area contributed by atoms with Crippen molar-refractivity contribution in [1.29, 1.82) is 0 Å². The third kappa shape index (κ3) is 4.36. The summed E-state index contributed by atoms with van der Waals surface area (Å²) in [5.74, 6) is 5.94. The SMILES string of the molecule is CCC#CCN1C[C@@H](NC(=O)c2ccnn2C)C[C@H]1C(=O)NCC. The van der Waals surface area contributed by atoms with Crippen molar-refractivity contribution in [3.8, 4) is 11.8 Å². The molecule has 7 nitrogen and oxygen atoms in total. The third-order valence-corrected chi connectivity index (χ3v) is 4.03. The van der Waals surface area contributed by atoms with Gasteiger partial charge in [0.15, 0.2) is 0 Å². The molecule has 1 aliphatic rings. The summed E-state index contributed by atoms with van der Waals surface area (Å²) in [6.45, 7) is 5.64. The van der Waals surface area contributed by atoms with Crippen LogP contribution in [0.1, 0.15) is 37.2 Å². The molecule has 130 valence electrons. The van der Waals surface area contributed by atoms with Crippen LogP contribution >= 0.6 is 0 Å². The van der Waals surface area contributed by atoms with Crippen molar-refractivity contribution in [3.63, 3.8) is 0 Å². The molecule has 0 aliphatic carbocycles. The Hall–Kier alpha value is -2.33. The Morgan fingerprint density at radius 2 is 2.17 bits per heavy atom. The van der Waals surface area contributed by atoms with Gasteiger partial charge in [-0.1, -0.05) is 12.8 Å². The summed E-state index contributed by atoms with van der Waals surface area (Å²) < 4.78 is 1.54. The van der Waals surface area contributed by atoms with Crippen molar-refractivity contribution >= 4 is 11.8 Å². The molecule has 1 aromatic rings. The number of likely N-dealkylation sites (tertiary alicyclic amines) is 1. The number of carbonyl (C=O) groups excluding carboxylic acids is 2. The highest BCUT2D eigenvalue weighted by Gasteiger charge is 2.37. The van der Waals surface area contributed by atoms with E-state index in [9.17, 15) is 9.59 Å². The smallest absolute Gasteiger partial charge is 0.269 e. The molecule has 0 aromatic carbocycles. The number of hydrogen-bond donors (Lipinski definition) is 2. The Morgan fingerprint density at radius 1 is 1.38 bits per heavy atom. The summed E-state index contributed by atoms with van der Waals surface area (Å²) in [5, 5.41) is 9.87. The number of nitrogens with one attached hydrogen (secondary N) is 2. The zero-order chi connectivity index (χ0) is 17.5. The van der Waals surface area contributed by atoms with Crippen molar-refractivity contribution in [2.75, 3.05) is 19.6 Å². The van der Waals surface area contributed by atoms with Crippen LogP contribution in [0.15, 0.2) is 12.3 Å². The fourth-order valence-corrected chi connectivity index (χ4v) is 2.89. The molecule has 1 saturated heterocycles. The Balaban J connectivity index is 2.03. The Bertz CT molecular complexity index is 643. The first-order chi connectivity index (χ1) is 11.6. The molecule has 0 bridgehead atoms. The lowest BCUT2D eigenvalue weighted by molar-refractivity contribution is -0.125. The molecular weight excluding hydrogens is 306 g/mol. The van der Waals surface area contributed by atoms with Gasteiger partial charge in [-0.15, -0.1) is 5.92 Å². The van der Waals surface area contributed by atoms with Crippen LogP contribution in [-0.4, -0.2) is 58.2 Å². The van der Waals surface area contributed by atoms with Gasteiger partial charge in [0.1, 0.15) is 5.69 Å². The van der Waals surface area contributed by atoms with Crippen molar-refractivity contribution in [1.82, 2.24) is 25.3 Å². The lowest BCUT2D eigenvalue weighted by atomic mass is 10.1. The van der Waals surface area contributed by atoms with Crippen LogP contribution in [0.5, 0.6) is 0 Å². The molecule has 7 heteroatoms. The normalized spacial score (nSPS) is 20.3. The monoisotopic (exact) mass is 331 g/mol. The number of likely N-dealkylation sites (N-methyl/N-ethyl adjacent to an activating group) is 1. The predicted molar refractivity (Wildman–Crippen MR) is 91.2 cm³/mol. The highest BCUT2D eigenvalue weighted by Crippen LogP contribution is 2.18. The quantitative estimate of drug-likeness (QED) is 0.753. The number of carbonyl (C=O) groups is 2. The maximum Gasteiger partial charge on any atom is 0.269 e. The summed E-state index contributed by atoms with van der Waals surface area (Å²) in [5.41, 5.74) is 0.508. The second-order valence-electron chi connectivity index (χ2n) is 5.79. The first-order valence-corrected chi connectivity index (χ1v) is 8.33. The lowest BCUT2D eigenvalue weighted by Gasteiger charge is -2.20. The molecule has 0 unspecified atom stereocenters. The fourth-order valence-electron chi connectivity index (χ4n) is 2.89. The molecule has 24 heavy (non-hydrogen) atoms. The molecule has 0 saturated carbocycles. The van der Waals surface area contributed by atoms with Crippen LogP contribution in [-0.2, 0) is 11.8 Å². The van der Waals surface area contributed by atoms with Crippen molar-refractivity contribution in [2.24, 2.45) is 7.05 Å². The number of aryl methyl sites for hydroxylation is 1. The second kappa shape index (κ2) is 8.50. The van der Waals surface area contributed by atoms with Gasteiger partial charge in [0, 0.05) is 38.8 Å². The third-order valence-electron chi connectivity index (χ3n) is 4.03. The van der Waals surface area contributed by atoms with Crippen LogP contribution < -0.4 is 10.6 Å². The lowest BCUT2D eigenvalue weighted by Crippen LogP contribution is -2.43. The first kappa shape index (κ1) is 18.0. The first-order valence-electron chi connectivity index (χ1n) is 8.33. The molecule has 1 fully saturated rings. The summed E-state index contributed by atoms with van der Waals surface area (Å²) in [4.78, 5) is 26.6. The van der Waals surface area contributed by atoms with E-state index in [0.717, 1.165) is 6.42 Å². The average molecular weight is 331 g/mol. The Labute approximate surface area is 142 Å². The number of nitrogens with zero attached hydrogens (tertiary/aromatic N) is 3. The van der Waals surface area contributed by atoms with Gasteiger partial charge in [-0.2, -0.15) is 5.10 Å². The van der Waals surface area contributed by atoms with Crippen LogP contribution in [0.25, 0.3) is 0 Å². The van der Waals surface area contributed by atoms with Gasteiger partial charge in [-0.25, -0.2) is 0 Å². The van der Waals surface area contributed by atoms with E-state index in [-0.39, 0.29) is 23.9 Å². The van der Waals surface area contributed by atoms with E-state index in [4.69, 9.17) is 0 Å². The average Bonchev–Trinajstić information content (AvgIpc) is 3.14. The molecular formula is C17H25N5O2. The summed E-state index contributed by atoms with van der Waals surface area (Å²) in [6.07, 6.45) is 2.97. The predicted octanol–water partition coefficient (Wildman–Crippen LogP) is 0.142. The topological polar surface area (TPSA) is 79.3 Å². The maximum absolute atomic E-state index is 12.3. The molecule has 0 spiro atoms. The fraction of sp³-hybridized carbons (Fsp3) is 0.588. The van der Waals surface area contributed by atoms with E-state index >= 15 is 0 Å². The molecule has 0 radical (unpaired) electrons. The highest BCUT2D eigenvalue weighted by molar-refractivity contribution is 5.92. The molecule has 1 aromatic heterocycles. The maximum atomic E-state index is 12.3. The Kier molecular flexibility index (Phi) is 6.38. The summed E-state index contributed by atoms with van der Waals surface area (Å²) >= 11 is 0. The molecule has 1 aliphatic heterocycles. The highest BCUT2D eigenvalue weighted by atomic mass is 16.2. The van der Waals surface area contributed by atoms with Gasteiger partial charge in [0.05, 0.1) is 12.6 Å². The van der Waals surface area contributed by atoms with Gasteiger partial charge in [-0.3, -0.25) is 19.2 Å². The minimum absolute atomic E-state index is 0.00641. The second-order valence-corrected chi connectivity index (χ2v) is 5.79. The summed E-state index contributed by atoms with van der Waals surface area (Å²) in [7, 11) is 1.73. The van der Waals surface area contributed by atoms with E-state index in [2.05, 4.69) is 27.6 Å². The van der Waals surface area contributed by atoms with E-state index in [1.807, 2.05) is 18.7 Å².